The zero-order valence-electron chi connectivity index (χ0n) is 24.0. The molecule has 4 N–H and O–H groups in total. The maximum absolute atomic E-state index is 13.4. The molecule has 218 valence electrons. The van der Waals surface area contributed by atoms with Gasteiger partial charge >= 0.3 is 0 Å². The Morgan fingerprint density at radius 3 is 2.65 bits per heavy atom. The number of hydrogen-bond acceptors (Lipinski definition) is 8. The molecule has 9 nitrogen and oxygen atoms in total. The van der Waals surface area contributed by atoms with Crippen LogP contribution in [-0.2, 0) is 22.6 Å². The lowest BCUT2D eigenvalue weighted by atomic mass is 9.47. The zero-order valence-corrected chi connectivity index (χ0v) is 24.8. The van der Waals surface area contributed by atoms with Crippen LogP contribution in [-0.4, -0.2) is 46.5 Å². The average Bonchev–Trinajstić information content (AvgIpc) is 3.51. The van der Waals surface area contributed by atoms with E-state index in [0.717, 1.165) is 22.6 Å². The van der Waals surface area contributed by atoms with E-state index < -0.39 is 11.5 Å². The number of ether oxygens (including phenoxy) is 2. The second-order valence-electron chi connectivity index (χ2n) is 13.3. The summed E-state index contributed by atoms with van der Waals surface area (Å²) in [6.07, 6.45) is 1.88. The minimum atomic E-state index is -0.703. The van der Waals surface area contributed by atoms with E-state index in [1.807, 2.05) is 45.9 Å². The Balaban J connectivity index is 1.40. The first-order valence-corrected chi connectivity index (χ1v) is 14.9. The van der Waals surface area contributed by atoms with Gasteiger partial charge < -0.3 is 30.3 Å². The van der Waals surface area contributed by atoms with Crippen LogP contribution < -0.4 is 20.1 Å². The van der Waals surface area contributed by atoms with Crippen LogP contribution in [0.25, 0.3) is 0 Å². The molecule has 1 aromatic heterocycles. The number of nitrogens with one attached hydrogen (secondary N) is 2. The summed E-state index contributed by atoms with van der Waals surface area (Å²) in [6.45, 7) is 10.6. The quantitative estimate of drug-likeness (QED) is 0.388. The Bertz CT molecular complexity index is 1290. The molecule has 1 saturated carbocycles. The molecular formula is C30H41N3O6S. The standard InChI is InChI=1S/C30H41N3O6S/c1-28(2,3)13-25(37)32-27-33-26-18(11-24(36)31-14-17-6-7-19-20(10-17)39-16-38-19)29(4)9-8-23(35)30(5,15-34)22(29)12-21(26)40-27/h6-7,10,18,22-23,34-35H,8-9,11-16H2,1-5H3,(H,31,36)(H,32,33,37). The number of fused-ring (bicyclic) bond motifs is 3. The second-order valence-corrected chi connectivity index (χ2v) is 14.4. The Morgan fingerprint density at radius 1 is 1.18 bits per heavy atom. The summed E-state index contributed by atoms with van der Waals surface area (Å²) in [5.74, 6) is 0.914. The minimum absolute atomic E-state index is 0.0495. The largest absolute Gasteiger partial charge is 0.454 e. The number of amides is 2. The predicted molar refractivity (Wildman–Crippen MR) is 152 cm³/mol. The number of carbonyl (C=O) groups excluding carboxylic acids is 2. The van der Waals surface area contributed by atoms with Crippen molar-refractivity contribution in [2.75, 3.05) is 18.7 Å². The molecule has 5 atom stereocenters. The molecule has 2 aliphatic carbocycles. The molecule has 1 aliphatic heterocycles. The number of anilines is 1. The summed E-state index contributed by atoms with van der Waals surface area (Å²) in [7, 11) is 0. The van der Waals surface area contributed by atoms with Gasteiger partial charge in [0.05, 0.1) is 18.4 Å². The van der Waals surface area contributed by atoms with Crippen molar-refractivity contribution in [2.45, 2.75) is 85.3 Å². The molecular weight excluding hydrogens is 530 g/mol. The molecule has 10 heteroatoms. The normalized spacial score (nSPS) is 28.9. The van der Waals surface area contributed by atoms with Crippen molar-refractivity contribution in [3.05, 3.63) is 34.3 Å². The third-order valence-corrected chi connectivity index (χ3v) is 10.2. The van der Waals surface area contributed by atoms with E-state index >= 15 is 0 Å². The zero-order chi connectivity index (χ0) is 28.9. The highest BCUT2D eigenvalue weighted by molar-refractivity contribution is 7.15. The molecule has 2 amide bonds. The highest BCUT2D eigenvalue weighted by atomic mass is 32.1. The summed E-state index contributed by atoms with van der Waals surface area (Å²) >= 11 is 1.45. The molecule has 5 unspecified atom stereocenters. The molecule has 0 saturated heterocycles. The fraction of sp³-hybridized carbons (Fsp3) is 0.633. The topological polar surface area (TPSA) is 130 Å². The van der Waals surface area contributed by atoms with Gasteiger partial charge in [-0.05, 0) is 53.7 Å². The monoisotopic (exact) mass is 571 g/mol. The summed E-state index contributed by atoms with van der Waals surface area (Å²) in [6, 6.07) is 5.63. The van der Waals surface area contributed by atoms with E-state index in [4.69, 9.17) is 14.5 Å². The molecule has 2 heterocycles. The summed E-state index contributed by atoms with van der Waals surface area (Å²) < 4.78 is 10.8. The smallest absolute Gasteiger partial charge is 0.231 e. The van der Waals surface area contributed by atoms with Gasteiger partial charge in [-0.2, -0.15) is 0 Å². The molecule has 0 spiro atoms. The lowest BCUT2D eigenvalue weighted by molar-refractivity contribution is -0.144. The highest BCUT2D eigenvalue weighted by Crippen LogP contribution is 2.62. The lowest BCUT2D eigenvalue weighted by Gasteiger charge is -2.58. The number of carbonyl (C=O) groups is 2. The van der Waals surface area contributed by atoms with E-state index in [2.05, 4.69) is 17.6 Å². The first-order chi connectivity index (χ1) is 18.8. The molecule has 40 heavy (non-hydrogen) atoms. The van der Waals surface area contributed by atoms with Crippen LogP contribution in [0.2, 0.25) is 0 Å². The van der Waals surface area contributed by atoms with Crippen molar-refractivity contribution in [1.82, 2.24) is 10.3 Å². The van der Waals surface area contributed by atoms with Crippen LogP contribution in [0.4, 0.5) is 5.13 Å². The Kier molecular flexibility index (Phi) is 7.65. The Hall–Kier alpha value is -2.69. The van der Waals surface area contributed by atoms with Crippen LogP contribution in [0.15, 0.2) is 18.2 Å². The first-order valence-electron chi connectivity index (χ1n) is 14.1. The molecule has 2 aromatic rings. The molecule has 3 aliphatic rings. The van der Waals surface area contributed by atoms with Gasteiger partial charge in [0.1, 0.15) is 0 Å². The minimum Gasteiger partial charge on any atom is -0.454 e. The number of aliphatic hydroxyl groups is 2. The number of aromatic nitrogens is 1. The third kappa shape index (κ3) is 5.45. The van der Waals surface area contributed by atoms with Crippen molar-refractivity contribution in [3.8, 4) is 11.5 Å². The van der Waals surface area contributed by atoms with E-state index in [-0.39, 0.29) is 54.3 Å². The maximum Gasteiger partial charge on any atom is 0.231 e. The van der Waals surface area contributed by atoms with Gasteiger partial charge in [-0.1, -0.05) is 40.7 Å². The molecule has 0 radical (unpaired) electrons. The van der Waals surface area contributed by atoms with Crippen LogP contribution in [0.3, 0.4) is 0 Å². The molecule has 1 fully saturated rings. The van der Waals surface area contributed by atoms with Gasteiger partial charge in [-0.3, -0.25) is 9.59 Å². The van der Waals surface area contributed by atoms with Gasteiger partial charge in [0, 0.05) is 35.6 Å². The molecule has 5 rings (SSSR count). The number of hydrogen-bond donors (Lipinski definition) is 4. The van der Waals surface area contributed by atoms with Crippen molar-refractivity contribution in [3.63, 3.8) is 0 Å². The fourth-order valence-electron chi connectivity index (χ4n) is 6.85. The van der Waals surface area contributed by atoms with Gasteiger partial charge in [0.2, 0.25) is 18.6 Å². The molecule has 1 aromatic carbocycles. The lowest BCUT2D eigenvalue weighted by Crippen LogP contribution is -2.57. The van der Waals surface area contributed by atoms with Crippen molar-refractivity contribution in [1.29, 1.82) is 0 Å². The average molecular weight is 572 g/mol. The van der Waals surface area contributed by atoms with Gasteiger partial charge in [-0.25, -0.2) is 4.98 Å². The van der Waals surface area contributed by atoms with E-state index in [1.165, 1.54) is 11.3 Å². The summed E-state index contributed by atoms with van der Waals surface area (Å²) in [4.78, 5) is 32.0. The van der Waals surface area contributed by atoms with E-state index in [1.54, 1.807) is 0 Å². The number of thiazole rings is 1. The van der Waals surface area contributed by atoms with Crippen molar-refractivity contribution < 1.29 is 29.3 Å². The summed E-state index contributed by atoms with van der Waals surface area (Å²) in [5, 5.41) is 28.0. The summed E-state index contributed by atoms with van der Waals surface area (Å²) in [5.41, 5.74) is 0.551. The van der Waals surface area contributed by atoms with Crippen molar-refractivity contribution in [2.24, 2.45) is 22.2 Å². The number of nitrogens with zero attached hydrogens (tertiary/aromatic N) is 1. The molecule has 0 bridgehead atoms. The Labute approximate surface area is 239 Å². The van der Waals surface area contributed by atoms with Crippen LogP contribution in [0.1, 0.15) is 82.4 Å². The van der Waals surface area contributed by atoms with E-state index in [9.17, 15) is 19.8 Å². The Morgan fingerprint density at radius 2 is 1.93 bits per heavy atom. The van der Waals surface area contributed by atoms with Crippen LogP contribution >= 0.6 is 11.3 Å². The van der Waals surface area contributed by atoms with Gasteiger partial charge in [0.25, 0.3) is 0 Å². The predicted octanol–water partition coefficient (Wildman–Crippen LogP) is 4.37. The SMILES string of the molecule is CC(C)(C)CC(=O)Nc1nc2c(s1)CC1C(C)(CO)C(O)CCC1(C)C2CC(=O)NCc1ccc2c(c1)OCO2. The van der Waals surface area contributed by atoms with E-state index in [0.29, 0.717) is 42.4 Å². The van der Waals surface area contributed by atoms with Crippen LogP contribution in [0, 0.1) is 22.2 Å². The maximum atomic E-state index is 13.4. The number of aliphatic hydroxyl groups excluding tert-OH is 2. The van der Waals surface area contributed by atoms with Crippen LogP contribution in [0.5, 0.6) is 11.5 Å². The number of benzene rings is 1. The van der Waals surface area contributed by atoms with Gasteiger partial charge in [-0.15, -0.1) is 11.3 Å². The number of rotatable bonds is 7. The van der Waals surface area contributed by atoms with Gasteiger partial charge in [0.15, 0.2) is 16.6 Å². The van der Waals surface area contributed by atoms with Crippen molar-refractivity contribution >= 4 is 28.3 Å². The highest BCUT2D eigenvalue weighted by Gasteiger charge is 2.59. The fourth-order valence-corrected chi connectivity index (χ4v) is 7.94. The first kappa shape index (κ1) is 28.8. The second kappa shape index (κ2) is 10.6. The third-order valence-electron chi connectivity index (χ3n) is 9.15.